The Balaban J connectivity index is 2.61. The second-order valence-electron chi connectivity index (χ2n) is 4.39. The molecule has 0 saturated heterocycles. The molecule has 1 N–H and O–H groups in total. The number of benzene rings is 1. The van der Waals surface area contributed by atoms with Gasteiger partial charge in [0.05, 0.1) is 5.92 Å². The van der Waals surface area contributed by atoms with E-state index in [4.69, 9.17) is 5.11 Å². The molecule has 0 fully saturated rings. The summed E-state index contributed by atoms with van der Waals surface area (Å²) in [6.07, 6.45) is 0.539. The number of hydrogen-bond donors (Lipinski definition) is 1. The molecule has 5 heteroatoms. The number of carbonyl (C=O) groups is 1. The van der Waals surface area contributed by atoms with Gasteiger partial charge in [0.15, 0.2) is 11.6 Å². The quantitative estimate of drug-likeness (QED) is 0.851. The summed E-state index contributed by atoms with van der Waals surface area (Å²) in [5, 5.41) is 8.93. The minimum atomic E-state index is -0.883. The molecular weight excluding hydrogens is 240 g/mol. The molecule has 0 aliphatic heterocycles. The van der Waals surface area contributed by atoms with Gasteiger partial charge in [-0.3, -0.25) is 4.79 Å². The van der Waals surface area contributed by atoms with Crippen molar-refractivity contribution in [1.29, 1.82) is 0 Å². The number of carboxylic acid groups (broad SMARTS) is 1. The average molecular weight is 257 g/mol. The van der Waals surface area contributed by atoms with Crippen molar-refractivity contribution in [1.82, 2.24) is 4.90 Å². The Morgan fingerprint density at radius 1 is 1.39 bits per heavy atom. The van der Waals surface area contributed by atoms with Crippen LogP contribution >= 0.6 is 0 Å². The molecule has 100 valence electrons. The fraction of sp³-hybridized carbons (Fsp3) is 0.462. The Morgan fingerprint density at radius 3 is 2.56 bits per heavy atom. The molecule has 1 rings (SSSR count). The summed E-state index contributed by atoms with van der Waals surface area (Å²) in [4.78, 5) is 12.7. The van der Waals surface area contributed by atoms with E-state index in [1.54, 1.807) is 11.9 Å². The van der Waals surface area contributed by atoms with E-state index in [-0.39, 0.29) is 0 Å². The summed E-state index contributed by atoms with van der Waals surface area (Å²) < 4.78 is 25.7. The lowest BCUT2D eigenvalue weighted by Crippen LogP contribution is -2.29. The summed E-state index contributed by atoms with van der Waals surface area (Å²) in [7, 11) is 1.76. The third-order valence-corrected chi connectivity index (χ3v) is 2.81. The zero-order valence-corrected chi connectivity index (χ0v) is 10.5. The number of carboxylic acids is 1. The number of halogens is 2. The van der Waals surface area contributed by atoms with Crippen LogP contribution in [0.2, 0.25) is 0 Å². The van der Waals surface area contributed by atoms with E-state index in [0.717, 1.165) is 12.1 Å². The van der Waals surface area contributed by atoms with Crippen LogP contribution in [0.5, 0.6) is 0 Å². The van der Waals surface area contributed by atoms with Gasteiger partial charge in [-0.1, -0.05) is 13.0 Å². The Hall–Kier alpha value is -1.49. The molecule has 3 nitrogen and oxygen atoms in total. The lowest BCUT2D eigenvalue weighted by Gasteiger charge is -2.20. The van der Waals surface area contributed by atoms with Crippen LogP contribution in [0.3, 0.4) is 0 Å². The normalized spacial score (nSPS) is 12.7. The molecule has 0 aromatic heterocycles. The van der Waals surface area contributed by atoms with Gasteiger partial charge in [0.25, 0.3) is 0 Å². The molecule has 18 heavy (non-hydrogen) atoms. The fourth-order valence-corrected chi connectivity index (χ4v) is 1.77. The highest BCUT2D eigenvalue weighted by Gasteiger charge is 2.17. The van der Waals surface area contributed by atoms with Crippen LogP contribution in [0.4, 0.5) is 8.78 Å². The Morgan fingerprint density at radius 2 is 2.06 bits per heavy atom. The molecule has 0 heterocycles. The minimum Gasteiger partial charge on any atom is -0.481 e. The highest BCUT2D eigenvalue weighted by Crippen LogP contribution is 2.12. The minimum absolute atomic E-state index is 0.380. The molecule has 1 aromatic carbocycles. The SMILES string of the molecule is CCC(CN(C)Cc1ccc(F)c(F)c1)C(=O)O. The van der Waals surface area contributed by atoms with Crippen molar-refractivity contribution < 1.29 is 18.7 Å². The van der Waals surface area contributed by atoms with E-state index in [2.05, 4.69) is 0 Å². The highest BCUT2D eigenvalue weighted by molar-refractivity contribution is 5.70. The van der Waals surface area contributed by atoms with E-state index in [0.29, 0.717) is 25.1 Å². The summed E-state index contributed by atoms with van der Waals surface area (Å²) in [6, 6.07) is 3.71. The molecule has 0 spiro atoms. The van der Waals surface area contributed by atoms with Crippen molar-refractivity contribution in [2.24, 2.45) is 5.92 Å². The molecule has 0 saturated carbocycles. The van der Waals surface area contributed by atoms with E-state index >= 15 is 0 Å². The van der Waals surface area contributed by atoms with Gasteiger partial charge in [-0.25, -0.2) is 8.78 Å². The predicted molar refractivity (Wildman–Crippen MR) is 64.1 cm³/mol. The first-order valence-electron chi connectivity index (χ1n) is 5.79. The number of aliphatic carboxylic acids is 1. The zero-order chi connectivity index (χ0) is 13.7. The molecule has 0 amide bonds. The molecule has 0 aliphatic rings. The maximum atomic E-state index is 13.0. The first-order valence-corrected chi connectivity index (χ1v) is 5.79. The smallest absolute Gasteiger partial charge is 0.307 e. The largest absolute Gasteiger partial charge is 0.481 e. The molecule has 1 unspecified atom stereocenters. The lowest BCUT2D eigenvalue weighted by atomic mass is 10.1. The number of hydrogen-bond acceptors (Lipinski definition) is 2. The second-order valence-corrected chi connectivity index (χ2v) is 4.39. The topological polar surface area (TPSA) is 40.5 Å². The van der Waals surface area contributed by atoms with Crippen LogP contribution in [0.25, 0.3) is 0 Å². The zero-order valence-electron chi connectivity index (χ0n) is 10.5. The van der Waals surface area contributed by atoms with Gasteiger partial charge >= 0.3 is 5.97 Å². The molecule has 0 bridgehead atoms. The van der Waals surface area contributed by atoms with E-state index in [1.165, 1.54) is 6.07 Å². The van der Waals surface area contributed by atoms with E-state index in [9.17, 15) is 13.6 Å². The first-order chi connectivity index (χ1) is 8.43. The maximum Gasteiger partial charge on any atom is 0.307 e. The van der Waals surface area contributed by atoms with Gasteiger partial charge < -0.3 is 10.0 Å². The molecule has 0 radical (unpaired) electrons. The van der Waals surface area contributed by atoms with Gasteiger partial charge in [0.2, 0.25) is 0 Å². The number of rotatable bonds is 6. The van der Waals surface area contributed by atoms with Crippen molar-refractivity contribution >= 4 is 5.97 Å². The van der Waals surface area contributed by atoms with Gasteiger partial charge in [0.1, 0.15) is 0 Å². The summed E-state index contributed by atoms with van der Waals surface area (Å²) >= 11 is 0. The van der Waals surface area contributed by atoms with Crippen molar-refractivity contribution in [2.45, 2.75) is 19.9 Å². The Bertz CT molecular complexity index is 423. The van der Waals surface area contributed by atoms with Gasteiger partial charge in [0, 0.05) is 13.1 Å². The van der Waals surface area contributed by atoms with Crippen molar-refractivity contribution in [2.75, 3.05) is 13.6 Å². The third-order valence-electron chi connectivity index (χ3n) is 2.81. The van der Waals surface area contributed by atoms with Gasteiger partial charge in [-0.15, -0.1) is 0 Å². The Kier molecular flexibility index (Phi) is 5.22. The maximum absolute atomic E-state index is 13.0. The lowest BCUT2D eigenvalue weighted by molar-refractivity contribution is -0.142. The molecule has 1 aromatic rings. The summed E-state index contributed by atoms with van der Waals surface area (Å²) in [6.45, 7) is 2.58. The van der Waals surface area contributed by atoms with E-state index < -0.39 is 23.5 Å². The van der Waals surface area contributed by atoms with Crippen LogP contribution in [0.1, 0.15) is 18.9 Å². The average Bonchev–Trinajstić information content (AvgIpc) is 2.30. The van der Waals surface area contributed by atoms with Gasteiger partial charge in [-0.2, -0.15) is 0 Å². The molecular formula is C13H17F2NO2. The van der Waals surface area contributed by atoms with Crippen molar-refractivity contribution in [3.63, 3.8) is 0 Å². The van der Waals surface area contributed by atoms with Crippen LogP contribution in [-0.2, 0) is 11.3 Å². The Labute approximate surface area is 105 Å². The van der Waals surface area contributed by atoms with Gasteiger partial charge in [-0.05, 0) is 31.2 Å². The second kappa shape index (κ2) is 6.44. The monoisotopic (exact) mass is 257 g/mol. The summed E-state index contributed by atoms with van der Waals surface area (Å²) in [5.74, 6) is -3.04. The van der Waals surface area contributed by atoms with Crippen molar-refractivity contribution in [3.05, 3.63) is 35.4 Å². The van der Waals surface area contributed by atoms with E-state index in [1.807, 2.05) is 6.92 Å². The molecule has 1 atom stereocenters. The third kappa shape index (κ3) is 4.07. The summed E-state index contributed by atoms with van der Waals surface area (Å²) in [5.41, 5.74) is 0.622. The molecule has 0 aliphatic carbocycles. The van der Waals surface area contributed by atoms with Crippen LogP contribution in [0.15, 0.2) is 18.2 Å². The van der Waals surface area contributed by atoms with Crippen LogP contribution < -0.4 is 0 Å². The highest BCUT2D eigenvalue weighted by atomic mass is 19.2. The first kappa shape index (κ1) is 14.6. The number of nitrogens with zero attached hydrogens (tertiary/aromatic N) is 1. The van der Waals surface area contributed by atoms with Crippen molar-refractivity contribution in [3.8, 4) is 0 Å². The van der Waals surface area contributed by atoms with Crippen LogP contribution in [0, 0.1) is 17.6 Å². The standard InChI is InChI=1S/C13H17F2NO2/c1-3-10(13(17)18)8-16(2)7-9-4-5-11(14)12(15)6-9/h4-6,10H,3,7-8H2,1-2H3,(H,17,18). The fourth-order valence-electron chi connectivity index (χ4n) is 1.77. The van der Waals surface area contributed by atoms with Crippen LogP contribution in [-0.4, -0.2) is 29.6 Å². The predicted octanol–water partition coefficient (Wildman–Crippen LogP) is 2.51.